The summed E-state index contributed by atoms with van der Waals surface area (Å²) >= 11 is 0. The van der Waals surface area contributed by atoms with Crippen molar-refractivity contribution in [3.63, 3.8) is 0 Å². The molecule has 0 aliphatic rings. The number of anilines is 4. The first-order chi connectivity index (χ1) is 15.3. The lowest BCUT2D eigenvalue weighted by Gasteiger charge is -2.22. The molecule has 0 radical (unpaired) electrons. The molecule has 1 amide bonds. The average molecular weight is 475 g/mol. The third-order valence-electron chi connectivity index (χ3n) is 4.58. The van der Waals surface area contributed by atoms with Gasteiger partial charge in [0.05, 0.1) is 11.1 Å². The fourth-order valence-corrected chi connectivity index (χ4v) is 3.52. The SMILES string of the molecule is Cc1ccc(Nc2ncc(F)c(Nc3ccc(OC(C)(C)C(N)=O)cc3)n2)cc1S(N)(=O)=O. The summed E-state index contributed by atoms with van der Waals surface area (Å²) in [5.74, 6) is -0.994. The first-order valence-electron chi connectivity index (χ1n) is 9.64. The van der Waals surface area contributed by atoms with Crippen LogP contribution in [0.5, 0.6) is 5.75 Å². The van der Waals surface area contributed by atoms with Crippen LogP contribution in [0.15, 0.2) is 53.6 Å². The molecule has 33 heavy (non-hydrogen) atoms. The molecule has 0 unspecified atom stereocenters. The summed E-state index contributed by atoms with van der Waals surface area (Å²) in [6.45, 7) is 4.71. The number of rotatable bonds is 8. The van der Waals surface area contributed by atoms with E-state index in [-0.39, 0.29) is 16.7 Å². The number of nitrogens with one attached hydrogen (secondary N) is 2. The normalized spacial score (nSPS) is 11.7. The number of ether oxygens (including phenoxy) is 1. The molecule has 10 nitrogen and oxygen atoms in total. The van der Waals surface area contributed by atoms with Crippen molar-refractivity contribution in [1.82, 2.24) is 9.97 Å². The smallest absolute Gasteiger partial charge is 0.261 e. The summed E-state index contributed by atoms with van der Waals surface area (Å²) in [7, 11) is -3.91. The molecule has 0 aliphatic heterocycles. The van der Waals surface area contributed by atoms with Crippen molar-refractivity contribution in [3.05, 3.63) is 60.0 Å². The average Bonchev–Trinajstić information content (AvgIpc) is 2.72. The minimum atomic E-state index is -3.91. The molecule has 0 atom stereocenters. The molecule has 1 aromatic heterocycles. The van der Waals surface area contributed by atoms with Crippen molar-refractivity contribution in [2.45, 2.75) is 31.3 Å². The molecule has 3 rings (SSSR count). The van der Waals surface area contributed by atoms with Crippen LogP contribution < -0.4 is 26.2 Å². The Kier molecular flexibility index (Phi) is 6.51. The number of aromatic nitrogens is 2. The van der Waals surface area contributed by atoms with E-state index in [1.54, 1.807) is 57.2 Å². The molecule has 1 heterocycles. The maximum Gasteiger partial charge on any atom is 0.261 e. The number of hydrogen-bond donors (Lipinski definition) is 4. The monoisotopic (exact) mass is 474 g/mol. The Morgan fingerprint density at radius 2 is 1.73 bits per heavy atom. The molecule has 0 saturated carbocycles. The van der Waals surface area contributed by atoms with Crippen LogP contribution in [0.2, 0.25) is 0 Å². The predicted molar refractivity (Wildman–Crippen MR) is 121 cm³/mol. The molecule has 0 spiro atoms. The number of carbonyl (C=O) groups is 1. The summed E-state index contributed by atoms with van der Waals surface area (Å²) in [5, 5.41) is 10.9. The number of halogens is 1. The fraction of sp³-hybridized carbons (Fsp3) is 0.190. The van der Waals surface area contributed by atoms with E-state index >= 15 is 0 Å². The topological polar surface area (TPSA) is 162 Å². The zero-order chi connectivity index (χ0) is 24.4. The molecule has 174 valence electrons. The first-order valence-corrected chi connectivity index (χ1v) is 11.2. The lowest BCUT2D eigenvalue weighted by atomic mass is 10.1. The molecular weight excluding hydrogens is 451 g/mol. The Hall–Kier alpha value is -3.77. The van der Waals surface area contributed by atoms with E-state index in [2.05, 4.69) is 20.6 Å². The van der Waals surface area contributed by atoms with Gasteiger partial charge in [0.2, 0.25) is 16.0 Å². The maximum absolute atomic E-state index is 14.3. The highest BCUT2D eigenvalue weighted by Crippen LogP contribution is 2.25. The van der Waals surface area contributed by atoms with Crippen molar-refractivity contribution in [2.75, 3.05) is 10.6 Å². The van der Waals surface area contributed by atoms with Crippen molar-refractivity contribution in [2.24, 2.45) is 10.9 Å². The van der Waals surface area contributed by atoms with Crippen molar-refractivity contribution in [3.8, 4) is 5.75 Å². The van der Waals surface area contributed by atoms with E-state index in [1.807, 2.05) is 0 Å². The second-order valence-electron chi connectivity index (χ2n) is 7.67. The standard InChI is InChI=1S/C21H23FN6O4S/c1-12-4-5-14(10-17(12)33(24,30)31)27-20-25-11-16(22)18(28-20)26-13-6-8-15(9-7-13)32-21(2,3)19(23)29/h4-11H,1-3H3,(H2,23,29)(H2,24,30,31)(H2,25,26,27,28). The van der Waals surface area contributed by atoms with Crippen LogP contribution in [0.25, 0.3) is 0 Å². The first kappa shape index (κ1) is 23.9. The zero-order valence-electron chi connectivity index (χ0n) is 18.1. The molecule has 2 aromatic carbocycles. The summed E-state index contributed by atoms with van der Waals surface area (Å²) < 4.78 is 43.3. The maximum atomic E-state index is 14.3. The van der Waals surface area contributed by atoms with E-state index in [0.29, 0.717) is 22.7 Å². The van der Waals surface area contributed by atoms with Crippen LogP contribution >= 0.6 is 0 Å². The number of primary sulfonamides is 1. The Bertz CT molecular complexity index is 1300. The van der Waals surface area contributed by atoms with E-state index in [4.69, 9.17) is 15.6 Å². The molecule has 0 aliphatic carbocycles. The van der Waals surface area contributed by atoms with Gasteiger partial charge in [-0.25, -0.2) is 22.9 Å². The Labute approximate surface area is 190 Å². The largest absolute Gasteiger partial charge is 0.478 e. The van der Waals surface area contributed by atoms with Gasteiger partial charge in [0.25, 0.3) is 5.91 Å². The van der Waals surface area contributed by atoms with Gasteiger partial charge in [-0.3, -0.25) is 4.79 Å². The number of nitrogens with two attached hydrogens (primary N) is 2. The highest BCUT2D eigenvalue weighted by atomic mass is 32.2. The van der Waals surface area contributed by atoms with Gasteiger partial charge in [0.15, 0.2) is 17.2 Å². The minimum Gasteiger partial charge on any atom is -0.478 e. The minimum absolute atomic E-state index is 0.0336. The highest BCUT2D eigenvalue weighted by Gasteiger charge is 2.27. The fourth-order valence-electron chi connectivity index (χ4n) is 2.72. The zero-order valence-corrected chi connectivity index (χ0v) is 18.9. The van der Waals surface area contributed by atoms with Gasteiger partial charge in [-0.15, -0.1) is 0 Å². The summed E-state index contributed by atoms with van der Waals surface area (Å²) in [5.41, 5.74) is 5.45. The Morgan fingerprint density at radius 3 is 2.33 bits per heavy atom. The van der Waals surface area contributed by atoms with Crippen molar-refractivity contribution in [1.29, 1.82) is 0 Å². The molecule has 12 heteroatoms. The van der Waals surface area contributed by atoms with E-state index in [1.165, 1.54) is 6.07 Å². The predicted octanol–water partition coefficient (Wildman–Crippen LogP) is 2.70. The Balaban J connectivity index is 1.78. The molecule has 3 aromatic rings. The second kappa shape index (κ2) is 9.00. The van der Waals surface area contributed by atoms with Gasteiger partial charge in [0, 0.05) is 11.4 Å². The summed E-state index contributed by atoms with van der Waals surface area (Å²) in [6, 6.07) is 10.9. The second-order valence-corrected chi connectivity index (χ2v) is 9.20. The quantitative estimate of drug-likeness (QED) is 0.387. The Morgan fingerprint density at radius 1 is 1.09 bits per heavy atom. The lowest BCUT2D eigenvalue weighted by Crippen LogP contribution is -2.43. The number of hydrogen-bond acceptors (Lipinski definition) is 8. The van der Waals surface area contributed by atoms with E-state index in [9.17, 15) is 17.6 Å². The van der Waals surface area contributed by atoms with Crippen LogP contribution in [0.1, 0.15) is 19.4 Å². The number of aryl methyl sites for hydroxylation is 1. The van der Waals surface area contributed by atoms with Crippen LogP contribution in [-0.2, 0) is 14.8 Å². The van der Waals surface area contributed by atoms with Crippen LogP contribution in [0, 0.1) is 12.7 Å². The van der Waals surface area contributed by atoms with Gasteiger partial charge < -0.3 is 21.1 Å². The molecule has 6 N–H and O–H groups in total. The third kappa shape index (κ3) is 5.93. The van der Waals surface area contributed by atoms with E-state index < -0.39 is 27.3 Å². The van der Waals surface area contributed by atoms with E-state index in [0.717, 1.165) is 6.20 Å². The summed E-state index contributed by atoms with van der Waals surface area (Å²) in [6.07, 6.45) is 0.972. The summed E-state index contributed by atoms with van der Waals surface area (Å²) in [4.78, 5) is 19.3. The van der Waals surface area contributed by atoms with Gasteiger partial charge in [-0.05, 0) is 62.7 Å². The highest BCUT2D eigenvalue weighted by molar-refractivity contribution is 7.89. The number of primary amides is 1. The lowest BCUT2D eigenvalue weighted by molar-refractivity contribution is -0.130. The number of amides is 1. The van der Waals surface area contributed by atoms with Crippen LogP contribution in [0.3, 0.4) is 0 Å². The molecule has 0 bridgehead atoms. The molecule has 0 fully saturated rings. The van der Waals surface area contributed by atoms with Crippen LogP contribution in [0.4, 0.5) is 27.5 Å². The number of nitrogens with zero attached hydrogens (tertiary/aromatic N) is 2. The van der Waals surface area contributed by atoms with Gasteiger partial charge in [-0.1, -0.05) is 6.07 Å². The molecule has 0 saturated heterocycles. The molecular formula is C21H23FN6O4S. The van der Waals surface area contributed by atoms with Gasteiger partial charge in [-0.2, -0.15) is 4.98 Å². The van der Waals surface area contributed by atoms with Crippen molar-refractivity contribution < 1.29 is 22.3 Å². The van der Waals surface area contributed by atoms with Gasteiger partial charge >= 0.3 is 0 Å². The number of carbonyl (C=O) groups excluding carboxylic acids is 1. The number of sulfonamides is 1. The van der Waals surface area contributed by atoms with Crippen LogP contribution in [-0.4, -0.2) is 29.9 Å². The third-order valence-corrected chi connectivity index (χ3v) is 5.63. The van der Waals surface area contributed by atoms with Gasteiger partial charge in [0.1, 0.15) is 5.75 Å². The van der Waals surface area contributed by atoms with Crippen molar-refractivity contribution >= 4 is 39.1 Å². The number of benzene rings is 2.